The number of nitrogens with one attached hydrogen (secondary N) is 1. The summed E-state index contributed by atoms with van der Waals surface area (Å²) in [4.78, 5) is 0. The molecule has 1 aromatic rings. The van der Waals surface area contributed by atoms with Crippen LogP contribution in [0.4, 0.5) is 5.69 Å². The molecule has 0 radical (unpaired) electrons. The molecule has 0 bridgehead atoms. The van der Waals surface area contributed by atoms with Gasteiger partial charge in [0, 0.05) is 0 Å². The highest BCUT2D eigenvalue weighted by molar-refractivity contribution is 6.33. The Morgan fingerprint density at radius 3 is 2.56 bits per heavy atom. The Balaban J connectivity index is 2.27. The van der Waals surface area contributed by atoms with Crippen LogP contribution in [0.1, 0.15) is 33.6 Å². The van der Waals surface area contributed by atoms with Crippen molar-refractivity contribution < 1.29 is 5.11 Å². The molecule has 1 fully saturated rings. The molecule has 2 N–H and O–H groups in total. The fourth-order valence-corrected chi connectivity index (χ4v) is 3.56. The molecule has 18 heavy (non-hydrogen) atoms. The van der Waals surface area contributed by atoms with Crippen molar-refractivity contribution in [3.8, 4) is 0 Å². The molecular weight excluding hydrogens is 246 g/mol. The van der Waals surface area contributed by atoms with E-state index in [1.54, 1.807) is 0 Å². The summed E-state index contributed by atoms with van der Waals surface area (Å²) in [6.45, 7) is 6.86. The second-order valence-corrected chi connectivity index (χ2v) is 6.77. The molecule has 0 aliphatic heterocycles. The van der Waals surface area contributed by atoms with Crippen molar-refractivity contribution in [1.29, 1.82) is 0 Å². The first-order valence-corrected chi connectivity index (χ1v) is 6.90. The minimum absolute atomic E-state index is 0.142. The molecule has 2 rings (SSSR count). The fourth-order valence-electron chi connectivity index (χ4n) is 3.37. The van der Waals surface area contributed by atoms with Crippen LogP contribution in [0.25, 0.3) is 0 Å². The van der Waals surface area contributed by atoms with Gasteiger partial charge in [-0.05, 0) is 36.3 Å². The van der Waals surface area contributed by atoms with Crippen molar-refractivity contribution in [2.24, 2.45) is 11.3 Å². The maximum absolute atomic E-state index is 9.87. The minimum atomic E-state index is -0.255. The van der Waals surface area contributed by atoms with Crippen LogP contribution in [0.2, 0.25) is 5.02 Å². The maximum atomic E-state index is 9.87. The van der Waals surface area contributed by atoms with Gasteiger partial charge in [0.05, 0.1) is 22.9 Å². The van der Waals surface area contributed by atoms with Crippen LogP contribution in [0.5, 0.6) is 0 Å². The van der Waals surface area contributed by atoms with Gasteiger partial charge in [-0.25, -0.2) is 0 Å². The van der Waals surface area contributed by atoms with Crippen LogP contribution < -0.4 is 5.32 Å². The summed E-state index contributed by atoms with van der Waals surface area (Å²) < 4.78 is 0. The molecule has 0 aromatic heterocycles. The molecule has 1 aliphatic carbocycles. The minimum Gasteiger partial charge on any atom is -0.394 e. The number of anilines is 1. The van der Waals surface area contributed by atoms with Crippen LogP contribution >= 0.6 is 11.6 Å². The predicted octanol–water partition coefficient (Wildman–Crippen LogP) is 3.94. The van der Waals surface area contributed by atoms with E-state index >= 15 is 0 Å². The highest BCUT2D eigenvalue weighted by atomic mass is 35.5. The van der Waals surface area contributed by atoms with Crippen molar-refractivity contribution in [3.63, 3.8) is 0 Å². The number of rotatable bonds is 3. The van der Waals surface area contributed by atoms with E-state index in [0.29, 0.717) is 10.9 Å². The molecule has 0 spiro atoms. The summed E-state index contributed by atoms with van der Waals surface area (Å²) in [5.74, 6) is 0.425. The predicted molar refractivity (Wildman–Crippen MR) is 77.1 cm³/mol. The molecule has 2 unspecified atom stereocenters. The molecule has 1 saturated carbocycles. The zero-order valence-electron chi connectivity index (χ0n) is 11.3. The van der Waals surface area contributed by atoms with Gasteiger partial charge in [-0.1, -0.05) is 44.5 Å². The average molecular weight is 268 g/mol. The monoisotopic (exact) mass is 267 g/mol. The van der Waals surface area contributed by atoms with Crippen LogP contribution in [-0.4, -0.2) is 17.3 Å². The molecule has 1 aromatic carbocycles. The van der Waals surface area contributed by atoms with Gasteiger partial charge in [-0.15, -0.1) is 0 Å². The third-order valence-electron chi connectivity index (χ3n) is 4.14. The Morgan fingerprint density at radius 1 is 1.39 bits per heavy atom. The third-order valence-corrected chi connectivity index (χ3v) is 4.47. The number of aliphatic hydroxyl groups is 1. The first-order valence-electron chi connectivity index (χ1n) is 6.52. The van der Waals surface area contributed by atoms with E-state index in [-0.39, 0.29) is 17.6 Å². The molecule has 1 aliphatic rings. The van der Waals surface area contributed by atoms with E-state index in [2.05, 4.69) is 26.1 Å². The second-order valence-electron chi connectivity index (χ2n) is 6.37. The molecule has 100 valence electrons. The van der Waals surface area contributed by atoms with Crippen molar-refractivity contribution >= 4 is 17.3 Å². The standard InChI is InChI=1S/C15H22ClNO/c1-11-8-14(2,3)9-15(11,10-18)17-13-7-5-4-6-12(13)16/h4-7,11,17-18H,8-10H2,1-3H3. The zero-order valence-corrected chi connectivity index (χ0v) is 12.1. The summed E-state index contributed by atoms with van der Waals surface area (Å²) in [6, 6.07) is 7.72. The zero-order chi connectivity index (χ0) is 13.4. The van der Waals surface area contributed by atoms with Gasteiger partial charge in [0.1, 0.15) is 0 Å². The lowest BCUT2D eigenvalue weighted by Crippen LogP contribution is -2.45. The normalized spacial score (nSPS) is 30.4. The molecular formula is C15H22ClNO. The third kappa shape index (κ3) is 2.50. The Kier molecular flexibility index (Phi) is 3.61. The number of aliphatic hydroxyl groups excluding tert-OH is 1. The molecule has 0 heterocycles. The molecule has 0 amide bonds. The van der Waals surface area contributed by atoms with Crippen LogP contribution in [-0.2, 0) is 0 Å². The summed E-state index contributed by atoms with van der Waals surface area (Å²) in [7, 11) is 0. The van der Waals surface area contributed by atoms with Gasteiger partial charge in [-0.3, -0.25) is 0 Å². The Hall–Kier alpha value is -0.730. The number of benzene rings is 1. The van der Waals surface area contributed by atoms with Gasteiger partial charge in [-0.2, -0.15) is 0 Å². The van der Waals surface area contributed by atoms with E-state index in [4.69, 9.17) is 11.6 Å². The quantitative estimate of drug-likeness (QED) is 0.869. The van der Waals surface area contributed by atoms with Crippen molar-refractivity contribution in [3.05, 3.63) is 29.3 Å². The number of hydrogen-bond donors (Lipinski definition) is 2. The SMILES string of the molecule is CC1CC(C)(C)CC1(CO)Nc1ccccc1Cl. The topological polar surface area (TPSA) is 32.3 Å². The molecule has 2 atom stereocenters. The summed E-state index contributed by atoms with van der Waals surface area (Å²) in [6.07, 6.45) is 2.08. The van der Waals surface area contributed by atoms with Gasteiger partial charge in [0.2, 0.25) is 0 Å². The van der Waals surface area contributed by atoms with Crippen LogP contribution in [0, 0.1) is 11.3 Å². The Morgan fingerprint density at radius 2 is 2.06 bits per heavy atom. The van der Waals surface area contributed by atoms with Crippen LogP contribution in [0.3, 0.4) is 0 Å². The summed E-state index contributed by atoms with van der Waals surface area (Å²) >= 11 is 6.20. The largest absolute Gasteiger partial charge is 0.394 e. The summed E-state index contributed by atoms with van der Waals surface area (Å²) in [5, 5.41) is 14.1. The molecule has 0 saturated heterocycles. The van der Waals surface area contributed by atoms with E-state index in [1.165, 1.54) is 0 Å². The number of halogens is 1. The van der Waals surface area contributed by atoms with Gasteiger partial charge in [0.15, 0.2) is 0 Å². The van der Waals surface area contributed by atoms with Gasteiger partial charge in [0.25, 0.3) is 0 Å². The highest BCUT2D eigenvalue weighted by Crippen LogP contribution is 2.49. The van der Waals surface area contributed by atoms with E-state index in [0.717, 1.165) is 18.5 Å². The van der Waals surface area contributed by atoms with Crippen LogP contribution in [0.15, 0.2) is 24.3 Å². The first-order chi connectivity index (χ1) is 8.38. The lowest BCUT2D eigenvalue weighted by molar-refractivity contribution is 0.179. The maximum Gasteiger partial charge on any atom is 0.0664 e. The van der Waals surface area contributed by atoms with Crippen molar-refractivity contribution in [2.45, 2.75) is 39.2 Å². The Bertz CT molecular complexity index is 432. The number of para-hydroxylation sites is 1. The summed E-state index contributed by atoms with van der Waals surface area (Å²) in [5.41, 5.74) is 0.919. The lowest BCUT2D eigenvalue weighted by Gasteiger charge is -2.35. The Labute approximate surface area is 114 Å². The van der Waals surface area contributed by atoms with Crippen molar-refractivity contribution in [1.82, 2.24) is 0 Å². The highest BCUT2D eigenvalue weighted by Gasteiger charge is 2.48. The fraction of sp³-hybridized carbons (Fsp3) is 0.600. The van der Waals surface area contributed by atoms with Crippen molar-refractivity contribution in [2.75, 3.05) is 11.9 Å². The number of hydrogen-bond acceptors (Lipinski definition) is 2. The first kappa shape index (κ1) is 13.7. The van der Waals surface area contributed by atoms with Gasteiger partial charge >= 0.3 is 0 Å². The van der Waals surface area contributed by atoms with E-state index in [1.807, 2.05) is 24.3 Å². The average Bonchev–Trinajstić information content (AvgIpc) is 2.52. The molecule has 3 heteroatoms. The second kappa shape index (κ2) is 4.75. The van der Waals surface area contributed by atoms with E-state index in [9.17, 15) is 5.11 Å². The van der Waals surface area contributed by atoms with E-state index < -0.39 is 0 Å². The lowest BCUT2D eigenvalue weighted by atomic mass is 9.86. The molecule has 2 nitrogen and oxygen atoms in total. The van der Waals surface area contributed by atoms with Gasteiger partial charge < -0.3 is 10.4 Å². The smallest absolute Gasteiger partial charge is 0.0664 e.